The van der Waals surface area contributed by atoms with Crippen LogP contribution in [0.4, 0.5) is 5.82 Å². The van der Waals surface area contributed by atoms with Gasteiger partial charge >= 0.3 is 0 Å². The van der Waals surface area contributed by atoms with Crippen LogP contribution >= 0.6 is 0 Å². The fraction of sp³-hybridized carbons (Fsp3) is 0.571. The third-order valence-electron chi connectivity index (χ3n) is 1.86. The van der Waals surface area contributed by atoms with Gasteiger partial charge in [0.25, 0.3) is 0 Å². The zero-order chi connectivity index (χ0) is 7.52. The Morgan fingerprint density at radius 3 is 2.82 bits per heavy atom. The van der Waals surface area contributed by atoms with Gasteiger partial charge in [-0.2, -0.15) is 0 Å². The van der Waals surface area contributed by atoms with Gasteiger partial charge in [0.05, 0.1) is 6.33 Å². The zero-order valence-corrected chi connectivity index (χ0v) is 6.32. The molecule has 0 bridgehead atoms. The summed E-state index contributed by atoms with van der Waals surface area (Å²) < 4.78 is 0. The van der Waals surface area contributed by atoms with Crippen molar-refractivity contribution in [2.75, 3.05) is 31.1 Å². The smallest absolute Gasteiger partial charge is 0.146 e. The molecule has 1 radical (unpaired) electrons. The first-order chi connectivity index (χ1) is 5.47. The molecule has 0 aliphatic carbocycles. The lowest BCUT2D eigenvalue weighted by molar-refractivity contribution is 0.576. The number of piperazine rings is 1. The maximum Gasteiger partial charge on any atom is 0.146 e. The Morgan fingerprint density at radius 1 is 1.36 bits per heavy atom. The number of aromatic nitrogens is 2. The SMILES string of the molecule is c1nc(N2CC[N]CC2)c[nH]1. The molecular formula is C7H11N4. The highest BCUT2D eigenvalue weighted by Gasteiger charge is 2.11. The van der Waals surface area contributed by atoms with E-state index in [1.165, 1.54) is 0 Å². The van der Waals surface area contributed by atoms with Crippen LogP contribution < -0.4 is 10.2 Å². The Morgan fingerprint density at radius 2 is 2.18 bits per heavy atom. The average molecular weight is 151 g/mol. The van der Waals surface area contributed by atoms with Gasteiger partial charge in [0.15, 0.2) is 0 Å². The molecule has 1 aliphatic rings. The highest BCUT2D eigenvalue weighted by Crippen LogP contribution is 2.08. The monoisotopic (exact) mass is 151 g/mol. The van der Waals surface area contributed by atoms with E-state index in [4.69, 9.17) is 0 Å². The van der Waals surface area contributed by atoms with Gasteiger partial charge in [0.2, 0.25) is 0 Å². The Balaban J connectivity index is 2.04. The fourth-order valence-corrected chi connectivity index (χ4v) is 1.26. The number of H-pyrrole nitrogens is 1. The van der Waals surface area contributed by atoms with Gasteiger partial charge in [-0.25, -0.2) is 10.3 Å². The first-order valence-corrected chi connectivity index (χ1v) is 3.84. The fourth-order valence-electron chi connectivity index (χ4n) is 1.26. The quantitative estimate of drug-likeness (QED) is 0.606. The molecule has 2 heterocycles. The summed E-state index contributed by atoms with van der Waals surface area (Å²) in [4.78, 5) is 9.35. The standard InChI is InChI=1S/C7H11N4/c1-3-11(4-2-8-1)7-5-9-6-10-7/h5-6H,1-4H2,(H,9,10). The van der Waals surface area contributed by atoms with E-state index in [0.717, 1.165) is 32.0 Å². The predicted molar refractivity (Wildman–Crippen MR) is 42.7 cm³/mol. The van der Waals surface area contributed by atoms with E-state index < -0.39 is 0 Å². The van der Waals surface area contributed by atoms with Gasteiger partial charge < -0.3 is 9.88 Å². The van der Waals surface area contributed by atoms with Crippen molar-refractivity contribution in [2.45, 2.75) is 0 Å². The number of nitrogens with one attached hydrogen (secondary N) is 1. The molecule has 4 nitrogen and oxygen atoms in total. The molecule has 1 saturated heterocycles. The van der Waals surface area contributed by atoms with E-state index in [0.29, 0.717) is 0 Å². The summed E-state index contributed by atoms with van der Waals surface area (Å²) in [6.45, 7) is 3.88. The van der Waals surface area contributed by atoms with Crippen molar-refractivity contribution in [2.24, 2.45) is 0 Å². The predicted octanol–water partition coefficient (Wildman–Crippen LogP) is -0.166. The van der Waals surface area contributed by atoms with Crippen molar-refractivity contribution in [3.05, 3.63) is 12.5 Å². The van der Waals surface area contributed by atoms with E-state index in [9.17, 15) is 0 Å². The van der Waals surface area contributed by atoms with Gasteiger partial charge in [-0.05, 0) is 0 Å². The Labute approximate surface area is 65.6 Å². The molecule has 0 spiro atoms. The highest BCUT2D eigenvalue weighted by atomic mass is 15.2. The second-order valence-corrected chi connectivity index (χ2v) is 2.59. The third-order valence-corrected chi connectivity index (χ3v) is 1.86. The minimum atomic E-state index is 0.937. The van der Waals surface area contributed by atoms with Crippen molar-refractivity contribution in [1.29, 1.82) is 0 Å². The molecule has 0 unspecified atom stereocenters. The maximum atomic E-state index is 4.26. The van der Waals surface area contributed by atoms with Crippen molar-refractivity contribution < 1.29 is 0 Å². The zero-order valence-electron chi connectivity index (χ0n) is 6.32. The topological polar surface area (TPSA) is 46.0 Å². The van der Waals surface area contributed by atoms with Gasteiger partial charge in [-0.1, -0.05) is 0 Å². The molecule has 2 rings (SSSR count). The molecule has 1 fully saturated rings. The summed E-state index contributed by atoms with van der Waals surface area (Å²) in [7, 11) is 0. The Hall–Kier alpha value is -1.03. The van der Waals surface area contributed by atoms with Gasteiger partial charge in [-0.3, -0.25) is 0 Å². The van der Waals surface area contributed by atoms with Crippen LogP contribution in [0.1, 0.15) is 0 Å². The van der Waals surface area contributed by atoms with Crippen molar-refractivity contribution in [3.8, 4) is 0 Å². The number of imidazole rings is 1. The van der Waals surface area contributed by atoms with Crippen LogP contribution in [0.25, 0.3) is 0 Å². The number of hydrogen-bond donors (Lipinski definition) is 1. The number of nitrogens with zero attached hydrogens (tertiary/aromatic N) is 3. The number of hydrogen-bond acceptors (Lipinski definition) is 2. The van der Waals surface area contributed by atoms with Gasteiger partial charge in [-0.15, -0.1) is 0 Å². The van der Waals surface area contributed by atoms with E-state index in [1.807, 2.05) is 6.20 Å². The van der Waals surface area contributed by atoms with Crippen LogP contribution in [0.15, 0.2) is 12.5 Å². The molecule has 1 aliphatic heterocycles. The van der Waals surface area contributed by atoms with Crippen LogP contribution in [0.2, 0.25) is 0 Å². The largest absolute Gasteiger partial charge is 0.353 e. The van der Waals surface area contributed by atoms with Crippen LogP contribution in [0, 0.1) is 0 Å². The molecule has 59 valence electrons. The lowest BCUT2D eigenvalue weighted by atomic mass is 10.4. The van der Waals surface area contributed by atoms with Crippen LogP contribution in [-0.4, -0.2) is 36.1 Å². The summed E-state index contributed by atoms with van der Waals surface area (Å²) >= 11 is 0. The van der Waals surface area contributed by atoms with E-state index in [2.05, 4.69) is 20.2 Å². The van der Waals surface area contributed by atoms with Gasteiger partial charge in [0.1, 0.15) is 5.82 Å². The minimum Gasteiger partial charge on any atom is -0.353 e. The Bertz CT molecular complexity index is 200. The molecular weight excluding hydrogens is 140 g/mol. The highest BCUT2D eigenvalue weighted by molar-refractivity contribution is 5.35. The number of rotatable bonds is 1. The summed E-state index contributed by atoms with van der Waals surface area (Å²) in [6, 6.07) is 0. The molecule has 11 heavy (non-hydrogen) atoms. The lowest BCUT2D eigenvalue weighted by Gasteiger charge is -2.25. The molecule has 0 aromatic carbocycles. The number of anilines is 1. The third kappa shape index (κ3) is 1.35. The maximum absolute atomic E-state index is 4.26. The number of aromatic amines is 1. The van der Waals surface area contributed by atoms with E-state index >= 15 is 0 Å². The molecule has 0 atom stereocenters. The normalized spacial score (nSPS) is 18.7. The summed E-state index contributed by atoms with van der Waals surface area (Å²) in [5.74, 6) is 1.04. The van der Waals surface area contributed by atoms with E-state index in [-0.39, 0.29) is 0 Å². The second kappa shape index (κ2) is 2.92. The van der Waals surface area contributed by atoms with Gasteiger partial charge in [0, 0.05) is 32.4 Å². The van der Waals surface area contributed by atoms with Crippen molar-refractivity contribution in [3.63, 3.8) is 0 Å². The molecule has 0 saturated carbocycles. The molecule has 1 aromatic heterocycles. The summed E-state index contributed by atoms with van der Waals surface area (Å²) in [5, 5.41) is 4.26. The molecule has 1 N–H and O–H groups in total. The van der Waals surface area contributed by atoms with E-state index in [1.54, 1.807) is 6.33 Å². The Kier molecular flexibility index (Phi) is 1.77. The lowest BCUT2D eigenvalue weighted by Crippen LogP contribution is -2.40. The van der Waals surface area contributed by atoms with Crippen LogP contribution in [0.3, 0.4) is 0 Å². The first kappa shape index (κ1) is 6.67. The molecule has 0 amide bonds. The van der Waals surface area contributed by atoms with Crippen LogP contribution in [-0.2, 0) is 0 Å². The summed E-state index contributed by atoms with van der Waals surface area (Å²) in [6.07, 6.45) is 3.63. The molecule has 1 aromatic rings. The van der Waals surface area contributed by atoms with Crippen molar-refractivity contribution >= 4 is 5.82 Å². The summed E-state index contributed by atoms with van der Waals surface area (Å²) in [5.41, 5.74) is 0. The molecule has 4 heteroatoms. The van der Waals surface area contributed by atoms with Crippen LogP contribution in [0.5, 0.6) is 0 Å². The second-order valence-electron chi connectivity index (χ2n) is 2.59. The minimum absolute atomic E-state index is 0.937. The average Bonchev–Trinajstić information content (AvgIpc) is 2.58. The first-order valence-electron chi connectivity index (χ1n) is 3.84. The van der Waals surface area contributed by atoms with Crippen molar-refractivity contribution in [1.82, 2.24) is 15.3 Å².